The van der Waals surface area contributed by atoms with E-state index in [1.807, 2.05) is 6.26 Å². The summed E-state index contributed by atoms with van der Waals surface area (Å²) in [6.45, 7) is 0. The summed E-state index contributed by atoms with van der Waals surface area (Å²) >= 11 is 1.45. The minimum Gasteiger partial charge on any atom is -0.271 e. The van der Waals surface area contributed by atoms with Crippen LogP contribution in [0.1, 0.15) is 37.5 Å². The van der Waals surface area contributed by atoms with Gasteiger partial charge in [-0.2, -0.15) is 11.8 Å². The third-order valence-corrected chi connectivity index (χ3v) is 5.10. The van der Waals surface area contributed by atoms with Gasteiger partial charge in [0.05, 0.1) is 16.7 Å². The number of thioether (sulfide) groups is 1. The molecule has 1 atom stereocenters. The second kappa shape index (κ2) is 8.87. The van der Waals surface area contributed by atoms with Crippen LogP contribution in [0.25, 0.3) is 0 Å². The third-order valence-electron chi connectivity index (χ3n) is 4.45. The van der Waals surface area contributed by atoms with Crippen molar-refractivity contribution in [3.8, 4) is 0 Å². The normalized spacial score (nSPS) is 13.8. The van der Waals surface area contributed by atoms with Crippen molar-refractivity contribution in [2.75, 3.05) is 12.0 Å². The number of benzene rings is 2. The van der Waals surface area contributed by atoms with Crippen LogP contribution in [0.2, 0.25) is 0 Å². The highest BCUT2D eigenvalue weighted by atomic mass is 32.2. The van der Waals surface area contributed by atoms with E-state index >= 15 is 0 Å². The van der Waals surface area contributed by atoms with E-state index in [0.717, 1.165) is 11.0 Å². The zero-order valence-electron chi connectivity index (χ0n) is 15.5. The van der Waals surface area contributed by atoms with Gasteiger partial charge in [-0.3, -0.25) is 34.9 Å². The van der Waals surface area contributed by atoms with Crippen molar-refractivity contribution in [2.24, 2.45) is 0 Å². The van der Waals surface area contributed by atoms with E-state index in [9.17, 15) is 23.6 Å². The Morgan fingerprint density at radius 1 is 1.00 bits per heavy atom. The lowest BCUT2D eigenvalue weighted by Gasteiger charge is -2.25. The molecule has 0 aliphatic carbocycles. The van der Waals surface area contributed by atoms with Crippen LogP contribution < -0.4 is 10.9 Å². The zero-order chi connectivity index (χ0) is 21.0. The largest absolute Gasteiger partial charge is 0.272 e. The number of carbonyl (C=O) groups excluding carboxylic acids is 4. The van der Waals surface area contributed by atoms with Crippen LogP contribution in [-0.2, 0) is 4.79 Å². The molecule has 0 unspecified atom stereocenters. The van der Waals surface area contributed by atoms with Gasteiger partial charge >= 0.3 is 0 Å². The monoisotopic (exact) mass is 415 g/mol. The molecule has 9 heteroatoms. The summed E-state index contributed by atoms with van der Waals surface area (Å²) in [5.41, 5.74) is 4.56. The first kappa shape index (κ1) is 20.5. The summed E-state index contributed by atoms with van der Waals surface area (Å²) in [5.74, 6) is -2.94. The summed E-state index contributed by atoms with van der Waals surface area (Å²) in [7, 11) is 0. The van der Waals surface area contributed by atoms with Crippen molar-refractivity contribution in [3.05, 3.63) is 71.0 Å². The number of rotatable bonds is 6. The SMILES string of the molecule is CSCC[C@@H](C(=O)NNC(=O)c1ccccc1F)N1C(=O)c2ccccc2C1=O. The fourth-order valence-corrected chi connectivity index (χ4v) is 3.47. The van der Waals surface area contributed by atoms with Gasteiger partial charge < -0.3 is 0 Å². The Bertz CT molecular complexity index is 947. The highest BCUT2D eigenvalue weighted by molar-refractivity contribution is 7.98. The number of amides is 4. The summed E-state index contributed by atoms with van der Waals surface area (Å²) in [6, 6.07) is 10.5. The van der Waals surface area contributed by atoms with Gasteiger partial charge in [0.2, 0.25) is 0 Å². The van der Waals surface area contributed by atoms with Crippen molar-refractivity contribution < 1.29 is 23.6 Å². The van der Waals surface area contributed by atoms with E-state index in [0.29, 0.717) is 5.75 Å². The van der Waals surface area contributed by atoms with Gasteiger partial charge in [0, 0.05) is 0 Å². The molecule has 0 saturated carbocycles. The molecule has 2 aromatic rings. The molecule has 4 amide bonds. The molecule has 0 saturated heterocycles. The maximum atomic E-state index is 13.7. The summed E-state index contributed by atoms with van der Waals surface area (Å²) in [4.78, 5) is 51.2. The first-order valence-electron chi connectivity index (χ1n) is 8.76. The van der Waals surface area contributed by atoms with Crippen LogP contribution in [-0.4, -0.2) is 46.6 Å². The molecule has 2 aromatic carbocycles. The first-order chi connectivity index (χ1) is 14.0. The minimum absolute atomic E-state index is 0.202. The smallest absolute Gasteiger partial charge is 0.271 e. The van der Waals surface area contributed by atoms with E-state index in [1.165, 1.54) is 42.1 Å². The number of hydrogen-bond donors (Lipinski definition) is 2. The molecule has 29 heavy (non-hydrogen) atoms. The molecule has 0 fully saturated rings. The molecule has 2 N–H and O–H groups in total. The van der Waals surface area contributed by atoms with E-state index in [1.54, 1.807) is 12.1 Å². The maximum Gasteiger partial charge on any atom is 0.272 e. The molecule has 150 valence electrons. The molecular formula is C20H18FN3O4S. The molecule has 1 aliphatic rings. The molecule has 0 aromatic heterocycles. The van der Waals surface area contributed by atoms with Gasteiger partial charge in [0.15, 0.2) is 0 Å². The van der Waals surface area contributed by atoms with E-state index in [2.05, 4.69) is 10.9 Å². The topological polar surface area (TPSA) is 95.6 Å². The second-order valence-electron chi connectivity index (χ2n) is 6.25. The highest BCUT2D eigenvalue weighted by Gasteiger charge is 2.42. The Hall–Kier alpha value is -3.20. The maximum absolute atomic E-state index is 13.7. The van der Waals surface area contributed by atoms with Crippen molar-refractivity contribution in [1.82, 2.24) is 15.8 Å². The van der Waals surface area contributed by atoms with Gasteiger partial charge in [-0.25, -0.2) is 4.39 Å². The molecule has 0 bridgehead atoms. The Morgan fingerprint density at radius 3 is 2.17 bits per heavy atom. The lowest BCUT2D eigenvalue weighted by atomic mass is 10.1. The summed E-state index contributed by atoms with van der Waals surface area (Å²) in [6.07, 6.45) is 2.03. The van der Waals surface area contributed by atoms with Crippen LogP contribution in [0, 0.1) is 5.82 Å². The third kappa shape index (κ3) is 4.14. The average Bonchev–Trinajstić information content (AvgIpc) is 2.98. The Balaban J connectivity index is 1.76. The number of hydrogen-bond acceptors (Lipinski definition) is 5. The van der Waals surface area contributed by atoms with Gasteiger partial charge in [-0.05, 0) is 42.7 Å². The number of nitrogens with one attached hydrogen (secondary N) is 2. The number of imide groups is 1. The number of hydrazine groups is 1. The van der Waals surface area contributed by atoms with Crippen molar-refractivity contribution in [3.63, 3.8) is 0 Å². The van der Waals surface area contributed by atoms with E-state index in [4.69, 9.17) is 0 Å². The molecule has 1 heterocycles. The molecule has 0 radical (unpaired) electrons. The minimum atomic E-state index is -1.12. The molecular weight excluding hydrogens is 397 g/mol. The van der Waals surface area contributed by atoms with Crippen LogP contribution in [0.5, 0.6) is 0 Å². The van der Waals surface area contributed by atoms with Crippen molar-refractivity contribution in [1.29, 1.82) is 0 Å². The van der Waals surface area contributed by atoms with E-state index in [-0.39, 0.29) is 23.1 Å². The van der Waals surface area contributed by atoms with Gasteiger partial charge in [-0.15, -0.1) is 0 Å². The van der Waals surface area contributed by atoms with Gasteiger partial charge in [0.25, 0.3) is 23.6 Å². The predicted octanol–water partition coefficient (Wildman–Crippen LogP) is 2.00. The summed E-state index contributed by atoms with van der Waals surface area (Å²) in [5, 5.41) is 0. The molecule has 0 spiro atoms. The summed E-state index contributed by atoms with van der Waals surface area (Å²) < 4.78 is 13.7. The van der Waals surface area contributed by atoms with Crippen LogP contribution >= 0.6 is 11.8 Å². The fraction of sp³-hybridized carbons (Fsp3) is 0.200. The zero-order valence-corrected chi connectivity index (χ0v) is 16.3. The number of nitrogens with zero attached hydrogens (tertiary/aromatic N) is 1. The van der Waals surface area contributed by atoms with Crippen molar-refractivity contribution >= 4 is 35.4 Å². The second-order valence-corrected chi connectivity index (χ2v) is 7.23. The lowest BCUT2D eigenvalue weighted by Crippen LogP contribution is -2.54. The standard InChI is InChI=1S/C20H18FN3O4S/c1-29-11-10-16(24-19(27)12-6-2-3-7-13(12)20(24)28)18(26)23-22-17(25)14-8-4-5-9-15(14)21/h2-9,16H,10-11H2,1H3,(H,22,25)(H,23,26)/t16-/m0/s1. The van der Waals surface area contributed by atoms with Crippen LogP contribution in [0.15, 0.2) is 48.5 Å². The predicted molar refractivity (Wildman–Crippen MR) is 106 cm³/mol. The fourth-order valence-electron chi connectivity index (χ4n) is 3.01. The van der Waals surface area contributed by atoms with Gasteiger partial charge in [0.1, 0.15) is 11.9 Å². The van der Waals surface area contributed by atoms with Crippen LogP contribution in [0.3, 0.4) is 0 Å². The molecule has 3 rings (SSSR count). The van der Waals surface area contributed by atoms with E-state index < -0.39 is 35.5 Å². The number of fused-ring (bicyclic) bond motifs is 1. The number of carbonyl (C=O) groups is 4. The number of halogens is 1. The van der Waals surface area contributed by atoms with Gasteiger partial charge in [-0.1, -0.05) is 24.3 Å². The molecule has 7 nitrogen and oxygen atoms in total. The van der Waals surface area contributed by atoms with Crippen molar-refractivity contribution in [2.45, 2.75) is 12.5 Å². The highest BCUT2D eigenvalue weighted by Crippen LogP contribution is 2.26. The Kier molecular flexibility index (Phi) is 6.28. The Morgan fingerprint density at radius 2 is 1.59 bits per heavy atom. The van der Waals surface area contributed by atoms with Crippen LogP contribution in [0.4, 0.5) is 4.39 Å². The first-order valence-corrected chi connectivity index (χ1v) is 10.2. The average molecular weight is 415 g/mol. The quantitative estimate of drug-likeness (QED) is 0.556. The lowest BCUT2D eigenvalue weighted by molar-refractivity contribution is -0.125. The Labute approximate surface area is 170 Å². The molecule has 1 aliphatic heterocycles.